The van der Waals surface area contributed by atoms with E-state index in [4.69, 9.17) is 17.3 Å². The summed E-state index contributed by atoms with van der Waals surface area (Å²) in [5.74, 6) is 0.0216. The maximum Gasteiger partial charge on any atom is 0.224 e. The van der Waals surface area contributed by atoms with Gasteiger partial charge in [-0.05, 0) is 59.9 Å². The highest BCUT2D eigenvalue weighted by atomic mass is 79.9. The number of amides is 1. The number of nitrogens with two attached hydrogens (primary N) is 1. The summed E-state index contributed by atoms with van der Waals surface area (Å²) in [6, 6.07) is 3.67. The van der Waals surface area contributed by atoms with Crippen molar-refractivity contribution >= 4 is 39.1 Å². The molecular weight excluding hydrogens is 328 g/mol. The van der Waals surface area contributed by atoms with Gasteiger partial charge in [0.05, 0.1) is 5.69 Å². The van der Waals surface area contributed by atoms with Crippen molar-refractivity contribution in [1.29, 1.82) is 0 Å². The third kappa shape index (κ3) is 5.93. The van der Waals surface area contributed by atoms with E-state index in [1.165, 1.54) is 0 Å². The SMILES string of the molecule is Cc1cc(Br)c(NC(=O)CCCCCCN)cc1Cl. The Morgan fingerprint density at radius 3 is 2.68 bits per heavy atom. The van der Waals surface area contributed by atoms with Crippen LogP contribution in [0.15, 0.2) is 16.6 Å². The van der Waals surface area contributed by atoms with Crippen LogP contribution in [0.3, 0.4) is 0 Å². The van der Waals surface area contributed by atoms with E-state index in [1.54, 1.807) is 6.07 Å². The minimum Gasteiger partial charge on any atom is -0.330 e. The van der Waals surface area contributed by atoms with Gasteiger partial charge in [0.1, 0.15) is 0 Å². The van der Waals surface area contributed by atoms with Crippen LogP contribution < -0.4 is 11.1 Å². The monoisotopic (exact) mass is 346 g/mol. The lowest BCUT2D eigenvalue weighted by Gasteiger charge is -2.09. The minimum absolute atomic E-state index is 0.0216. The van der Waals surface area contributed by atoms with Crippen LogP contribution in [-0.2, 0) is 4.79 Å². The lowest BCUT2D eigenvalue weighted by atomic mass is 10.1. The normalized spacial score (nSPS) is 10.5. The Morgan fingerprint density at radius 1 is 1.32 bits per heavy atom. The van der Waals surface area contributed by atoms with Crippen molar-refractivity contribution in [2.45, 2.75) is 39.0 Å². The van der Waals surface area contributed by atoms with E-state index in [2.05, 4.69) is 21.2 Å². The van der Waals surface area contributed by atoms with Crippen molar-refractivity contribution in [2.24, 2.45) is 5.73 Å². The van der Waals surface area contributed by atoms with Gasteiger partial charge < -0.3 is 11.1 Å². The van der Waals surface area contributed by atoms with Crippen LogP contribution in [0.5, 0.6) is 0 Å². The van der Waals surface area contributed by atoms with Gasteiger partial charge >= 0.3 is 0 Å². The Kier molecular flexibility index (Phi) is 7.42. The van der Waals surface area contributed by atoms with E-state index in [9.17, 15) is 4.79 Å². The third-order valence-electron chi connectivity index (χ3n) is 2.88. The van der Waals surface area contributed by atoms with E-state index in [0.29, 0.717) is 11.4 Å². The zero-order valence-electron chi connectivity index (χ0n) is 11.1. The molecule has 19 heavy (non-hydrogen) atoms. The molecule has 0 unspecified atom stereocenters. The van der Waals surface area contributed by atoms with Crippen LogP contribution in [-0.4, -0.2) is 12.5 Å². The van der Waals surface area contributed by atoms with E-state index < -0.39 is 0 Å². The van der Waals surface area contributed by atoms with Gasteiger partial charge in [-0.25, -0.2) is 0 Å². The summed E-state index contributed by atoms with van der Waals surface area (Å²) in [6.07, 6.45) is 4.58. The number of rotatable bonds is 7. The van der Waals surface area contributed by atoms with Gasteiger partial charge in [0, 0.05) is 15.9 Å². The fraction of sp³-hybridized carbons (Fsp3) is 0.500. The van der Waals surface area contributed by atoms with E-state index in [1.807, 2.05) is 13.0 Å². The van der Waals surface area contributed by atoms with Crippen molar-refractivity contribution in [3.63, 3.8) is 0 Å². The van der Waals surface area contributed by atoms with E-state index in [-0.39, 0.29) is 5.91 Å². The van der Waals surface area contributed by atoms with Crippen molar-refractivity contribution in [2.75, 3.05) is 11.9 Å². The molecule has 1 rings (SSSR count). The smallest absolute Gasteiger partial charge is 0.224 e. The third-order valence-corrected chi connectivity index (χ3v) is 3.94. The van der Waals surface area contributed by atoms with Gasteiger partial charge in [0.25, 0.3) is 0 Å². The summed E-state index contributed by atoms with van der Waals surface area (Å²) in [4.78, 5) is 11.8. The molecule has 5 heteroatoms. The Morgan fingerprint density at radius 2 is 2.00 bits per heavy atom. The average Bonchev–Trinajstić information content (AvgIpc) is 2.35. The average molecular weight is 348 g/mol. The van der Waals surface area contributed by atoms with Crippen LogP contribution in [0, 0.1) is 6.92 Å². The van der Waals surface area contributed by atoms with Crippen LogP contribution in [0.1, 0.15) is 37.7 Å². The first-order valence-electron chi connectivity index (χ1n) is 6.50. The fourth-order valence-corrected chi connectivity index (χ4v) is 2.46. The standard InChI is InChI=1S/C14H20BrClN2O/c1-10-8-11(15)13(9-12(10)16)18-14(19)6-4-2-3-5-7-17/h8-9H,2-7,17H2,1H3,(H,18,19). The van der Waals surface area contributed by atoms with E-state index >= 15 is 0 Å². The molecule has 0 radical (unpaired) electrons. The Bertz CT molecular complexity index is 438. The predicted octanol–water partition coefficient (Wildman–Crippen LogP) is 4.26. The summed E-state index contributed by atoms with van der Waals surface area (Å²) >= 11 is 9.47. The molecule has 1 amide bonds. The molecule has 1 aromatic rings. The van der Waals surface area contributed by atoms with Crippen molar-refractivity contribution in [1.82, 2.24) is 0 Å². The molecule has 0 heterocycles. The summed E-state index contributed by atoms with van der Waals surface area (Å²) in [5.41, 5.74) is 7.12. The molecule has 0 aromatic heterocycles. The quantitative estimate of drug-likeness (QED) is 0.724. The molecular formula is C14H20BrClN2O. The lowest BCUT2D eigenvalue weighted by molar-refractivity contribution is -0.116. The molecule has 0 saturated carbocycles. The second-order valence-electron chi connectivity index (χ2n) is 4.58. The highest BCUT2D eigenvalue weighted by molar-refractivity contribution is 9.10. The summed E-state index contributed by atoms with van der Waals surface area (Å²) in [7, 11) is 0. The molecule has 3 N–H and O–H groups in total. The maximum absolute atomic E-state index is 11.8. The Labute approximate surface area is 128 Å². The molecule has 3 nitrogen and oxygen atoms in total. The van der Waals surface area contributed by atoms with Gasteiger partial charge in [-0.3, -0.25) is 4.79 Å². The summed E-state index contributed by atoms with van der Waals surface area (Å²) in [5, 5.41) is 3.53. The van der Waals surface area contributed by atoms with Crippen LogP contribution in [0.2, 0.25) is 5.02 Å². The second-order valence-corrected chi connectivity index (χ2v) is 5.84. The Hall–Kier alpha value is -0.580. The summed E-state index contributed by atoms with van der Waals surface area (Å²) in [6.45, 7) is 2.65. The fourth-order valence-electron chi connectivity index (χ4n) is 1.74. The molecule has 0 saturated heterocycles. The zero-order valence-corrected chi connectivity index (χ0v) is 13.5. The number of hydrogen-bond donors (Lipinski definition) is 2. The first-order valence-corrected chi connectivity index (χ1v) is 7.67. The maximum atomic E-state index is 11.8. The molecule has 106 valence electrons. The number of benzene rings is 1. The molecule has 0 spiro atoms. The first kappa shape index (κ1) is 16.5. The number of hydrogen-bond acceptors (Lipinski definition) is 2. The topological polar surface area (TPSA) is 55.1 Å². The molecule has 0 aliphatic heterocycles. The number of unbranched alkanes of at least 4 members (excludes halogenated alkanes) is 3. The number of aryl methyl sites for hydroxylation is 1. The highest BCUT2D eigenvalue weighted by Crippen LogP contribution is 2.29. The Balaban J connectivity index is 2.42. The van der Waals surface area contributed by atoms with Gasteiger partial charge in [-0.2, -0.15) is 0 Å². The molecule has 1 aromatic carbocycles. The van der Waals surface area contributed by atoms with Crippen molar-refractivity contribution < 1.29 is 4.79 Å². The zero-order chi connectivity index (χ0) is 14.3. The van der Waals surface area contributed by atoms with Gasteiger partial charge in [-0.15, -0.1) is 0 Å². The molecule has 0 fully saturated rings. The number of anilines is 1. The number of nitrogens with one attached hydrogen (secondary N) is 1. The molecule has 0 bridgehead atoms. The minimum atomic E-state index is 0.0216. The summed E-state index contributed by atoms with van der Waals surface area (Å²) < 4.78 is 0.853. The van der Waals surface area contributed by atoms with Gasteiger partial charge in [-0.1, -0.05) is 24.4 Å². The van der Waals surface area contributed by atoms with Gasteiger partial charge in [0.2, 0.25) is 5.91 Å². The first-order chi connectivity index (χ1) is 9.04. The molecule has 0 aliphatic carbocycles. The van der Waals surface area contributed by atoms with Crippen LogP contribution in [0.4, 0.5) is 5.69 Å². The number of halogens is 2. The van der Waals surface area contributed by atoms with Crippen molar-refractivity contribution in [3.8, 4) is 0 Å². The lowest BCUT2D eigenvalue weighted by Crippen LogP contribution is -2.11. The molecule has 0 atom stereocenters. The van der Waals surface area contributed by atoms with Crippen LogP contribution in [0.25, 0.3) is 0 Å². The number of carbonyl (C=O) groups is 1. The second kappa shape index (κ2) is 8.56. The predicted molar refractivity (Wildman–Crippen MR) is 84.7 cm³/mol. The van der Waals surface area contributed by atoms with Crippen molar-refractivity contribution in [3.05, 3.63) is 27.2 Å². The molecule has 0 aliphatic rings. The number of carbonyl (C=O) groups excluding carboxylic acids is 1. The highest BCUT2D eigenvalue weighted by Gasteiger charge is 2.08. The van der Waals surface area contributed by atoms with Gasteiger partial charge in [0.15, 0.2) is 0 Å². The van der Waals surface area contributed by atoms with E-state index in [0.717, 1.165) is 48.0 Å². The largest absolute Gasteiger partial charge is 0.330 e. The van der Waals surface area contributed by atoms with Crippen LogP contribution >= 0.6 is 27.5 Å².